The largest absolute Gasteiger partial charge is 0.497 e. The van der Waals surface area contributed by atoms with Crippen LogP contribution in [-0.2, 0) is 0 Å². The smallest absolute Gasteiger partial charge is 0.323 e. The zero-order valence-electron chi connectivity index (χ0n) is 12.8. The molecule has 0 spiro atoms. The van der Waals surface area contributed by atoms with Crippen LogP contribution in [0.1, 0.15) is 5.56 Å². The maximum absolute atomic E-state index is 11.9. The van der Waals surface area contributed by atoms with Crippen molar-refractivity contribution in [1.29, 1.82) is 0 Å². The summed E-state index contributed by atoms with van der Waals surface area (Å²) in [6, 6.07) is 12.0. The maximum Gasteiger partial charge on any atom is 0.323 e. The minimum Gasteiger partial charge on any atom is -0.497 e. The van der Waals surface area contributed by atoms with E-state index >= 15 is 0 Å². The van der Waals surface area contributed by atoms with Gasteiger partial charge in [0.2, 0.25) is 0 Å². The Hall–Kier alpha value is -2.66. The molecular formula is C17H17ClN2O3. The number of rotatable bonds is 5. The number of methoxy groups -OCH3 is 2. The van der Waals surface area contributed by atoms with Crippen LogP contribution in [0.5, 0.6) is 11.5 Å². The van der Waals surface area contributed by atoms with Gasteiger partial charge in [-0.15, -0.1) is 0 Å². The van der Waals surface area contributed by atoms with Crippen LogP contribution in [0.2, 0.25) is 5.02 Å². The van der Waals surface area contributed by atoms with Gasteiger partial charge in [0.1, 0.15) is 11.5 Å². The van der Waals surface area contributed by atoms with E-state index in [-0.39, 0.29) is 6.03 Å². The third-order valence-electron chi connectivity index (χ3n) is 3.02. The molecule has 6 heteroatoms. The molecular weight excluding hydrogens is 316 g/mol. The van der Waals surface area contributed by atoms with E-state index in [0.717, 1.165) is 5.56 Å². The zero-order valence-corrected chi connectivity index (χ0v) is 13.6. The lowest BCUT2D eigenvalue weighted by Crippen LogP contribution is -2.24. The Balaban J connectivity index is 1.98. The highest BCUT2D eigenvalue weighted by molar-refractivity contribution is 6.30. The highest BCUT2D eigenvalue weighted by atomic mass is 35.5. The number of ether oxygens (including phenoxy) is 2. The van der Waals surface area contributed by atoms with Crippen LogP contribution in [0.3, 0.4) is 0 Å². The zero-order chi connectivity index (χ0) is 16.7. The molecule has 0 fully saturated rings. The fourth-order valence-corrected chi connectivity index (χ4v) is 1.98. The molecule has 5 nitrogen and oxygen atoms in total. The molecule has 120 valence electrons. The van der Waals surface area contributed by atoms with Crippen LogP contribution in [0.25, 0.3) is 6.08 Å². The van der Waals surface area contributed by atoms with Crippen LogP contribution in [0, 0.1) is 0 Å². The van der Waals surface area contributed by atoms with E-state index in [1.165, 1.54) is 7.11 Å². The predicted octanol–water partition coefficient (Wildman–Crippen LogP) is 4.15. The second-order valence-corrected chi connectivity index (χ2v) is 4.99. The first-order chi connectivity index (χ1) is 11.1. The van der Waals surface area contributed by atoms with Crippen LogP contribution in [0.15, 0.2) is 48.7 Å². The molecule has 0 aromatic heterocycles. The monoisotopic (exact) mass is 332 g/mol. The number of urea groups is 1. The Bertz CT molecular complexity index is 699. The van der Waals surface area contributed by atoms with Crippen LogP contribution < -0.4 is 20.1 Å². The van der Waals surface area contributed by atoms with E-state index < -0.39 is 0 Å². The van der Waals surface area contributed by atoms with Crippen molar-refractivity contribution in [3.8, 4) is 11.5 Å². The van der Waals surface area contributed by atoms with E-state index in [2.05, 4.69) is 10.6 Å². The molecule has 2 rings (SSSR count). The molecule has 2 amide bonds. The number of amides is 2. The molecule has 0 aliphatic heterocycles. The van der Waals surface area contributed by atoms with Crippen molar-refractivity contribution < 1.29 is 14.3 Å². The van der Waals surface area contributed by atoms with Crippen molar-refractivity contribution in [2.24, 2.45) is 0 Å². The van der Waals surface area contributed by atoms with E-state index in [9.17, 15) is 4.79 Å². The number of anilines is 1. The van der Waals surface area contributed by atoms with Crippen molar-refractivity contribution >= 4 is 29.4 Å². The summed E-state index contributed by atoms with van der Waals surface area (Å²) in [7, 11) is 3.09. The van der Waals surface area contributed by atoms with Gasteiger partial charge in [0.05, 0.1) is 19.9 Å². The van der Waals surface area contributed by atoms with E-state index in [0.29, 0.717) is 22.2 Å². The summed E-state index contributed by atoms with van der Waals surface area (Å²) in [4.78, 5) is 11.9. The molecule has 0 aliphatic carbocycles. The molecule has 0 heterocycles. The van der Waals surface area contributed by atoms with Gasteiger partial charge in [-0.25, -0.2) is 4.79 Å². The third kappa shape index (κ3) is 4.93. The first-order valence-electron chi connectivity index (χ1n) is 6.84. The van der Waals surface area contributed by atoms with Crippen molar-refractivity contribution in [2.75, 3.05) is 19.5 Å². The minimum absolute atomic E-state index is 0.387. The van der Waals surface area contributed by atoms with Gasteiger partial charge in [-0.1, -0.05) is 23.7 Å². The van der Waals surface area contributed by atoms with Gasteiger partial charge in [-0.3, -0.25) is 0 Å². The van der Waals surface area contributed by atoms with Crippen molar-refractivity contribution in [2.45, 2.75) is 0 Å². The Kier molecular flexibility index (Phi) is 5.88. The van der Waals surface area contributed by atoms with E-state index in [1.807, 2.05) is 12.1 Å². The van der Waals surface area contributed by atoms with Crippen LogP contribution in [0.4, 0.5) is 10.5 Å². The average Bonchev–Trinajstić information content (AvgIpc) is 2.56. The normalized spacial score (nSPS) is 10.4. The first kappa shape index (κ1) is 16.7. The lowest BCUT2D eigenvalue weighted by molar-refractivity contribution is 0.255. The fourth-order valence-electron chi connectivity index (χ4n) is 1.86. The average molecular weight is 333 g/mol. The number of hydrogen-bond acceptors (Lipinski definition) is 3. The molecule has 0 unspecified atom stereocenters. The summed E-state index contributed by atoms with van der Waals surface area (Å²) < 4.78 is 10.3. The van der Waals surface area contributed by atoms with Gasteiger partial charge in [-0.05, 0) is 35.9 Å². The standard InChI is InChI=1S/C17H17ClN2O3/c1-22-14-7-8-16(23-2)15(11-14)20-17(21)19-10-9-12-3-5-13(18)6-4-12/h3-11H,1-2H3,(H2,19,20,21)/b10-9+. The van der Waals surface area contributed by atoms with Gasteiger partial charge in [-0.2, -0.15) is 0 Å². The fraction of sp³-hybridized carbons (Fsp3) is 0.118. The highest BCUT2D eigenvalue weighted by Crippen LogP contribution is 2.28. The summed E-state index contributed by atoms with van der Waals surface area (Å²) in [5.41, 5.74) is 1.44. The molecule has 0 saturated carbocycles. The van der Waals surface area contributed by atoms with E-state index in [1.54, 1.807) is 49.7 Å². The van der Waals surface area contributed by atoms with Gasteiger partial charge >= 0.3 is 6.03 Å². The SMILES string of the molecule is COc1ccc(OC)c(NC(=O)N/C=C/c2ccc(Cl)cc2)c1. The molecule has 2 aromatic rings. The van der Waals surface area contributed by atoms with Crippen molar-refractivity contribution in [3.63, 3.8) is 0 Å². The molecule has 2 N–H and O–H groups in total. The van der Waals surface area contributed by atoms with Gasteiger partial charge in [0.25, 0.3) is 0 Å². The molecule has 0 aliphatic rings. The summed E-state index contributed by atoms with van der Waals surface area (Å²) in [6.07, 6.45) is 3.31. The number of nitrogens with one attached hydrogen (secondary N) is 2. The molecule has 0 radical (unpaired) electrons. The van der Waals surface area contributed by atoms with Crippen LogP contribution in [-0.4, -0.2) is 20.3 Å². The Labute approximate surface area is 139 Å². The lowest BCUT2D eigenvalue weighted by Gasteiger charge is -2.11. The molecule has 0 bridgehead atoms. The number of halogens is 1. The molecule has 23 heavy (non-hydrogen) atoms. The summed E-state index contributed by atoms with van der Waals surface area (Å²) in [6.45, 7) is 0. The Morgan fingerprint density at radius 1 is 1.09 bits per heavy atom. The lowest BCUT2D eigenvalue weighted by atomic mass is 10.2. The number of carbonyl (C=O) groups excluding carboxylic acids is 1. The Morgan fingerprint density at radius 2 is 1.83 bits per heavy atom. The summed E-state index contributed by atoms with van der Waals surface area (Å²) in [5, 5.41) is 5.99. The summed E-state index contributed by atoms with van der Waals surface area (Å²) >= 11 is 5.81. The highest BCUT2D eigenvalue weighted by Gasteiger charge is 2.07. The van der Waals surface area contributed by atoms with Crippen LogP contribution >= 0.6 is 11.6 Å². The second kappa shape index (κ2) is 8.10. The topological polar surface area (TPSA) is 59.6 Å². The van der Waals surface area contributed by atoms with Gasteiger partial charge in [0.15, 0.2) is 0 Å². The predicted molar refractivity (Wildman–Crippen MR) is 92.2 cm³/mol. The van der Waals surface area contributed by atoms with Gasteiger partial charge < -0.3 is 20.1 Å². The quantitative estimate of drug-likeness (QED) is 0.864. The molecule has 0 atom stereocenters. The number of benzene rings is 2. The minimum atomic E-state index is -0.387. The molecule has 2 aromatic carbocycles. The van der Waals surface area contributed by atoms with Gasteiger partial charge in [0, 0.05) is 17.3 Å². The second-order valence-electron chi connectivity index (χ2n) is 4.55. The first-order valence-corrected chi connectivity index (χ1v) is 7.22. The summed E-state index contributed by atoms with van der Waals surface area (Å²) in [5.74, 6) is 1.17. The third-order valence-corrected chi connectivity index (χ3v) is 3.27. The molecule has 0 saturated heterocycles. The maximum atomic E-state index is 11.9. The number of carbonyl (C=O) groups is 1. The van der Waals surface area contributed by atoms with Crippen molar-refractivity contribution in [3.05, 3.63) is 59.3 Å². The number of hydrogen-bond donors (Lipinski definition) is 2. The Morgan fingerprint density at radius 3 is 2.48 bits per heavy atom. The van der Waals surface area contributed by atoms with Crippen molar-refractivity contribution in [1.82, 2.24) is 5.32 Å². The van der Waals surface area contributed by atoms with E-state index in [4.69, 9.17) is 21.1 Å².